The minimum atomic E-state index is -0.0511. The van der Waals surface area contributed by atoms with Crippen molar-refractivity contribution in [3.8, 4) is 0 Å². The summed E-state index contributed by atoms with van der Waals surface area (Å²) in [6, 6.07) is 11.9. The zero-order valence-corrected chi connectivity index (χ0v) is 11.1. The number of para-hydroxylation sites is 1. The normalized spacial score (nSPS) is 22.6. The Morgan fingerprint density at radius 3 is 2.84 bits per heavy atom. The van der Waals surface area contributed by atoms with E-state index in [-0.39, 0.29) is 5.91 Å². The van der Waals surface area contributed by atoms with Gasteiger partial charge >= 0.3 is 0 Å². The molecular weight excluding hydrogens is 236 g/mol. The quantitative estimate of drug-likeness (QED) is 0.894. The lowest BCUT2D eigenvalue weighted by Crippen LogP contribution is -2.33. The van der Waals surface area contributed by atoms with E-state index < -0.39 is 0 Å². The monoisotopic (exact) mass is 254 g/mol. The lowest BCUT2D eigenvalue weighted by molar-refractivity contribution is 0.0932. The standard InChI is InChI=1S/C16H18N2O/c1-11-6-8-13(10-11)17-16(19)15-9-7-12-4-2-3-5-14(12)18-15/h2-5,7,9,11,13H,6,8,10H2,1H3,(H,17,19). The molecule has 2 atom stereocenters. The fourth-order valence-corrected chi connectivity index (χ4v) is 2.79. The summed E-state index contributed by atoms with van der Waals surface area (Å²) >= 11 is 0. The van der Waals surface area contributed by atoms with Gasteiger partial charge in [0.2, 0.25) is 0 Å². The fraction of sp³-hybridized carbons (Fsp3) is 0.375. The minimum absolute atomic E-state index is 0.0511. The van der Waals surface area contributed by atoms with E-state index in [0.29, 0.717) is 11.7 Å². The molecule has 0 saturated heterocycles. The smallest absolute Gasteiger partial charge is 0.270 e. The van der Waals surface area contributed by atoms with Crippen molar-refractivity contribution in [3.05, 3.63) is 42.1 Å². The van der Waals surface area contributed by atoms with Crippen molar-refractivity contribution in [1.29, 1.82) is 0 Å². The molecule has 1 aromatic heterocycles. The molecule has 3 nitrogen and oxygen atoms in total. The molecule has 98 valence electrons. The maximum absolute atomic E-state index is 12.2. The van der Waals surface area contributed by atoms with Crippen LogP contribution >= 0.6 is 0 Å². The first-order valence-corrected chi connectivity index (χ1v) is 6.89. The highest BCUT2D eigenvalue weighted by Crippen LogP contribution is 2.24. The summed E-state index contributed by atoms with van der Waals surface area (Å²) in [7, 11) is 0. The van der Waals surface area contributed by atoms with Crippen molar-refractivity contribution in [2.45, 2.75) is 32.2 Å². The molecule has 1 heterocycles. The molecule has 0 bridgehead atoms. The molecule has 3 rings (SSSR count). The highest BCUT2D eigenvalue weighted by molar-refractivity contribution is 5.95. The van der Waals surface area contributed by atoms with Crippen LogP contribution in [0.4, 0.5) is 0 Å². The number of rotatable bonds is 2. The van der Waals surface area contributed by atoms with Gasteiger partial charge in [-0.25, -0.2) is 4.98 Å². The van der Waals surface area contributed by atoms with E-state index in [4.69, 9.17) is 0 Å². The first kappa shape index (κ1) is 12.2. The maximum Gasteiger partial charge on any atom is 0.270 e. The van der Waals surface area contributed by atoms with Crippen LogP contribution in [0.25, 0.3) is 10.9 Å². The summed E-state index contributed by atoms with van der Waals surface area (Å²) in [4.78, 5) is 16.6. The number of amides is 1. The summed E-state index contributed by atoms with van der Waals surface area (Å²) in [5.74, 6) is 0.666. The second-order valence-corrected chi connectivity index (χ2v) is 5.48. The van der Waals surface area contributed by atoms with Gasteiger partial charge in [0.05, 0.1) is 5.52 Å². The van der Waals surface area contributed by atoms with Gasteiger partial charge in [-0.2, -0.15) is 0 Å². The Bertz CT molecular complexity index is 608. The highest BCUT2D eigenvalue weighted by Gasteiger charge is 2.23. The number of carbonyl (C=O) groups is 1. The van der Waals surface area contributed by atoms with Crippen molar-refractivity contribution >= 4 is 16.8 Å². The van der Waals surface area contributed by atoms with Crippen molar-refractivity contribution in [2.24, 2.45) is 5.92 Å². The molecule has 1 amide bonds. The molecular formula is C16H18N2O. The summed E-state index contributed by atoms with van der Waals surface area (Å²) in [5, 5.41) is 4.15. The fourth-order valence-electron chi connectivity index (χ4n) is 2.79. The third-order valence-electron chi connectivity index (χ3n) is 3.86. The van der Waals surface area contributed by atoms with E-state index in [1.165, 1.54) is 6.42 Å². The Kier molecular flexibility index (Phi) is 3.20. The van der Waals surface area contributed by atoms with Gasteiger partial charge in [-0.15, -0.1) is 0 Å². The molecule has 1 aliphatic carbocycles. The van der Waals surface area contributed by atoms with Crippen LogP contribution in [-0.4, -0.2) is 16.9 Å². The lowest BCUT2D eigenvalue weighted by Gasteiger charge is -2.12. The topological polar surface area (TPSA) is 42.0 Å². The maximum atomic E-state index is 12.2. The minimum Gasteiger partial charge on any atom is -0.348 e. The number of hydrogen-bond donors (Lipinski definition) is 1. The van der Waals surface area contributed by atoms with E-state index in [0.717, 1.165) is 29.7 Å². The molecule has 0 aliphatic heterocycles. The van der Waals surface area contributed by atoms with Crippen LogP contribution in [0.15, 0.2) is 36.4 Å². The lowest BCUT2D eigenvalue weighted by atomic mass is 10.1. The van der Waals surface area contributed by atoms with E-state index in [2.05, 4.69) is 17.2 Å². The van der Waals surface area contributed by atoms with Gasteiger partial charge in [0.1, 0.15) is 5.69 Å². The Morgan fingerprint density at radius 2 is 2.05 bits per heavy atom. The number of nitrogens with one attached hydrogen (secondary N) is 1. The van der Waals surface area contributed by atoms with Gasteiger partial charge in [0.25, 0.3) is 5.91 Å². The molecule has 0 radical (unpaired) electrons. The molecule has 3 heteroatoms. The van der Waals surface area contributed by atoms with Gasteiger partial charge in [0.15, 0.2) is 0 Å². The molecule has 19 heavy (non-hydrogen) atoms. The van der Waals surface area contributed by atoms with Crippen LogP contribution in [0.2, 0.25) is 0 Å². The largest absolute Gasteiger partial charge is 0.348 e. The number of aromatic nitrogens is 1. The van der Waals surface area contributed by atoms with E-state index >= 15 is 0 Å². The van der Waals surface area contributed by atoms with E-state index in [1.807, 2.05) is 30.3 Å². The zero-order chi connectivity index (χ0) is 13.2. The van der Waals surface area contributed by atoms with Crippen molar-refractivity contribution in [2.75, 3.05) is 0 Å². The first-order valence-electron chi connectivity index (χ1n) is 6.89. The zero-order valence-electron chi connectivity index (χ0n) is 11.1. The first-order chi connectivity index (χ1) is 9.22. The second-order valence-electron chi connectivity index (χ2n) is 5.48. The molecule has 1 fully saturated rings. The van der Waals surface area contributed by atoms with Crippen LogP contribution in [0, 0.1) is 5.92 Å². The number of nitrogens with zero attached hydrogens (tertiary/aromatic N) is 1. The number of carbonyl (C=O) groups excluding carboxylic acids is 1. The third kappa shape index (κ3) is 2.60. The predicted molar refractivity (Wildman–Crippen MR) is 76.0 cm³/mol. The van der Waals surface area contributed by atoms with Gasteiger partial charge in [-0.05, 0) is 37.3 Å². The van der Waals surface area contributed by atoms with Gasteiger partial charge in [0, 0.05) is 11.4 Å². The third-order valence-corrected chi connectivity index (χ3v) is 3.86. The Labute approximate surface area is 113 Å². The molecule has 1 saturated carbocycles. The highest BCUT2D eigenvalue weighted by atomic mass is 16.1. The van der Waals surface area contributed by atoms with Crippen LogP contribution in [-0.2, 0) is 0 Å². The molecule has 2 unspecified atom stereocenters. The SMILES string of the molecule is CC1CCC(NC(=O)c2ccc3ccccc3n2)C1. The average Bonchev–Trinajstić information content (AvgIpc) is 2.83. The Hall–Kier alpha value is -1.90. The predicted octanol–water partition coefficient (Wildman–Crippen LogP) is 3.15. The van der Waals surface area contributed by atoms with E-state index in [1.54, 1.807) is 6.07 Å². The van der Waals surface area contributed by atoms with Gasteiger partial charge in [-0.3, -0.25) is 4.79 Å². The molecule has 2 aromatic rings. The number of pyridine rings is 1. The van der Waals surface area contributed by atoms with Crippen LogP contribution in [0.1, 0.15) is 36.7 Å². The van der Waals surface area contributed by atoms with Crippen LogP contribution in [0.3, 0.4) is 0 Å². The van der Waals surface area contributed by atoms with Gasteiger partial charge in [-0.1, -0.05) is 31.2 Å². The van der Waals surface area contributed by atoms with Crippen molar-refractivity contribution < 1.29 is 4.79 Å². The Morgan fingerprint density at radius 1 is 1.21 bits per heavy atom. The van der Waals surface area contributed by atoms with Crippen LogP contribution < -0.4 is 5.32 Å². The summed E-state index contributed by atoms with van der Waals surface area (Å²) in [6.07, 6.45) is 3.37. The Balaban J connectivity index is 1.77. The summed E-state index contributed by atoms with van der Waals surface area (Å²) in [5.41, 5.74) is 1.38. The van der Waals surface area contributed by atoms with Crippen LogP contribution in [0.5, 0.6) is 0 Å². The molecule has 1 aliphatic rings. The average molecular weight is 254 g/mol. The van der Waals surface area contributed by atoms with E-state index in [9.17, 15) is 4.79 Å². The molecule has 1 aromatic carbocycles. The van der Waals surface area contributed by atoms with Gasteiger partial charge < -0.3 is 5.32 Å². The number of benzene rings is 1. The number of fused-ring (bicyclic) bond motifs is 1. The van der Waals surface area contributed by atoms with Crippen molar-refractivity contribution in [1.82, 2.24) is 10.3 Å². The molecule has 0 spiro atoms. The summed E-state index contributed by atoms with van der Waals surface area (Å²) in [6.45, 7) is 2.24. The number of hydrogen-bond acceptors (Lipinski definition) is 2. The van der Waals surface area contributed by atoms with Crippen molar-refractivity contribution in [3.63, 3.8) is 0 Å². The summed E-state index contributed by atoms with van der Waals surface area (Å²) < 4.78 is 0. The second kappa shape index (κ2) is 5.00. The molecule has 1 N–H and O–H groups in total.